The number of amides is 2. The molecule has 0 saturated carbocycles. The lowest BCUT2D eigenvalue weighted by atomic mass is 9.89. The molecule has 2 atom stereocenters. The smallest absolute Gasteiger partial charge is 0.410 e. The summed E-state index contributed by atoms with van der Waals surface area (Å²) in [4.78, 5) is 45.6. The number of piperazine rings is 1. The number of benzene rings is 2. The summed E-state index contributed by atoms with van der Waals surface area (Å²) in [6.07, 6.45) is 0.477. The molecule has 16 heteroatoms. The van der Waals surface area contributed by atoms with Crippen LogP contribution in [0.3, 0.4) is 0 Å². The van der Waals surface area contributed by atoms with Gasteiger partial charge in [0.15, 0.2) is 5.69 Å². The average molecular weight is 713 g/mol. The summed E-state index contributed by atoms with van der Waals surface area (Å²) >= 11 is 0. The molecule has 14 nitrogen and oxygen atoms in total. The summed E-state index contributed by atoms with van der Waals surface area (Å²) in [7, 11) is -4.14. The number of piperidine rings is 1. The van der Waals surface area contributed by atoms with Gasteiger partial charge in [0.2, 0.25) is 15.8 Å². The van der Waals surface area contributed by atoms with Crippen molar-refractivity contribution < 1.29 is 37.0 Å². The molecule has 3 N–H and O–H groups in total. The number of hydrogen-bond donors (Lipinski definition) is 3. The first-order chi connectivity index (χ1) is 23.9. The van der Waals surface area contributed by atoms with Gasteiger partial charge in [0.1, 0.15) is 23.8 Å². The van der Waals surface area contributed by atoms with E-state index < -0.39 is 50.4 Å². The largest absolute Gasteiger partial charge is 0.501 e. The molecule has 4 heterocycles. The number of ether oxygens (including phenoxy) is 2. The number of nitrogens with one attached hydrogen (secondary N) is 2. The van der Waals surface area contributed by atoms with Crippen molar-refractivity contribution in [1.82, 2.24) is 29.4 Å². The standard InChI is InChI=1S/C34H41FN6O8S/c1-22-19-40(20-23(2)37-22)50(46,47)27-17-26(35)10-9-25(27)18-36-30(43)28-29(42)31(44)41-13-6-16-49-34(32(41)38-28)11-14-39(15-12-34)33(45)48-21-24-7-4-3-5-8-24/h3-5,7-10,17,22-23,37,42H,6,11-16,18-21H2,1-2H3,(H,36,43). The Kier molecular flexibility index (Phi) is 10.3. The maximum atomic E-state index is 14.4. The van der Waals surface area contributed by atoms with Crippen LogP contribution in [0, 0.1) is 5.82 Å². The van der Waals surface area contributed by atoms with Gasteiger partial charge in [-0.1, -0.05) is 36.4 Å². The molecule has 2 fully saturated rings. The minimum Gasteiger partial charge on any atom is -0.501 e. The molecule has 1 spiro atoms. The van der Waals surface area contributed by atoms with Gasteiger partial charge < -0.3 is 30.1 Å². The van der Waals surface area contributed by atoms with Gasteiger partial charge in [-0.15, -0.1) is 0 Å². The highest BCUT2D eigenvalue weighted by Crippen LogP contribution is 2.38. The van der Waals surface area contributed by atoms with Gasteiger partial charge in [-0.05, 0) is 43.5 Å². The molecule has 3 aliphatic heterocycles. The average Bonchev–Trinajstić information content (AvgIpc) is 3.27. The van der Waals surface area contributed by atoms with Gasteiger partial charge in [-0.25, -0.2) is 22.6 Å². The zero-order valence-electron chi connectivity index (χ0n) is 27.9. The number of fused-ring (bicyclic) bond motifs is 2. The predicted octanol–water partition coefficient (Wildman–Crippen LogP) is 2.44. The number of rotatable bonds is 7. The maximum Gasteiger partial charge on any atom is 0.410 e. The van der Waals surface area contributed by atoms with E-state index in [1.165, 1.54) is 14.9 Å². The molecule has 1 aromatic heterocycles. The monoisotopic (exact) mass is 712 g/mol. The third kappa shape index (κ3) is 7.24. The van der Waals surface area contributed by atoms with Crippen LogP contribution in [0.15, 0.2) is 58.2 Å². The summed E-state index contributed by atoms with van der Waals surface area (Å²) in [5.41, 5.74) is -1.51. The second kappa shape index (κ2) is 14.5. The topological polar surface area (TPSA) is 172 Å². The summed E-state index contributed by atoms with van der Waals surface area (Å²) in [6.45, 7) is 4.79. The van der Waals surface area contributed by atoms with Crippen LogP contribution in [0.4, 0.5) is 9.18 Å². The van der Waals surface area contributed by atoms with Gasteiger partial charge in [0.25, 0.3) is 11.5 Å². The first-order valence-electron chi connectivity index (χ1n) is 16.6. The molecule has 2 unspecified atom stereocenters. The normalized spacial score (nSPS) is 20.9. The summed E-state index contributed by atoms with van der Waals surface area (Å²) in [6, 6.07) is 12.3. The fourth-order valence-corrected chi connectivity index (χ4v) is 8.68. The van der Waals surface area contributed by atoms with Crippen molar-refractivity contribution in [2.75, 3.05) is 32.8 Å². The van der Waals surface area contributed by atoms with Gasteiger partial charge in [0.05, 0.1) is 4.90 Å². The lowest BCUT2D eigenvalue weighted by Gasteiger charge is -2.40. The summed E-state index contributed by atoms with van der Waals surface area (Å²) in [5.74, 6) is -2.39. The Morgan fingerprint density at radius 1 is 1.10 bits per heavy atom. The Labute approximate surface area is 289 Å². The SMILES string of the molecule is CC1CN(S(=O)(=O)c2cc(F)ccc2CNC(=O)c2nc3n(c(=O)c2O)CCCOC32CCN(C(=O)OCc3ccccc3)CC2)CC(C)N1. The Hall–Kier alpha value is -4.38. The molecule has 2 saturated heterocycles. The van der Waals surface area contributed by atoms with E-state index in [9.17, 15) is 32.3 Å². The fourth-order valence-electron chi connectivity index (χ4n) is 6.83. The van der Waals surface area contributed by atoms with Crippen LogP contribution in [0.5, 0.6) is 5.75 Å². The molecule has 2 aromatic carbocycles. The van der Waals surface area contributed by atoms with Gasteiger partial charge in [-0.2, -0.15) is 4.31 Å². The molecule has 3 aromatic rings. The summed E-state index contributed by atoms with van der Waals surface area (Å²) < 4.78 is 56.1. The van der Waals surface area contributed by atoms with Crippen molar-refractivity contribution in [3.05, 3.63) is 87.3 Å². The third-order valence-corrected chi connectivity index (χ3v) is 11.2. The maximum absolute atomic E-state index is 14.4. The second-order valence-corrected chi connectivity index (χ2v) is 14.9. The third-order valence-electron chi connectivity index (χ3n) is 9.32. The van der Waals surface area contributed by atoms with Crippen LogP contribution in [-0.2, 0) is 44.8 Å². The van der Waals surface area contributed by atoms with Crippen LogP contribution in [0.2, 0.25) is 0 Å². The van der Waals surface area contributed by atoms with E-state index >= 15 is 0 Å². The molecule has 268 valence electrons. The molecular weight excluding hydrogens is 671 g/mol. The van der Waals surface area contributed by atoms with E-state index in [2.05, 4.69) is 15.6 Å². The lowest BCUT2D eigenvalue weighted by molar-refractivity contribution is -0.0894. The van der Waals surface area contributed by atoms with Crippen LogP contribution < -0.4 is 16.2 Å². The number of nitrogens with zero attached hydrogens (tertiary/aromatic N) is 4. The van der Waals surface area contributed by atoms with Crippen molar-refractivity contribution in [3.63, 3.8) is 0 Å². The van der Waals surface area contributed by atoms with Gasteiger partial charge in [0, 0.05) is 70.8 Å². The highest BCUT2D eigenvalue weighted by molar-refractivity contribution is 7.89. The number of aromatic nitrogens is 2. The molecule has 0 radical (unpaired) electrons. The number of aromatic hydroxyl groups is 1. The van der Waals surface area contributed by atoms with E-state index in [1.807, 2.05) is 44.2 Å². The van der Waals surface area contributed by atoms with Crippen molar-refractivity contribution >= 4 is 22.0 Å². The van der Waals surface area contributed by atoms with Crippen LogP contribution in [-0.4, -0.2) is 89.2 Å². The van der Waals surface area contributed by atoms with Crippen molar-refractivity contribution in [3.8, 4) is 5.75 Å². The van der Waals surface area contributed by atoms with E-state index in [4.69, 9.17) is 9.47 Å². The quantitative estimate of drug-likeness (QED) is 0.331. The molecule has 3 aliphatic rings. The number of carbonyl (C=O) groups is 2. The van der Waals surface area contributed by atoms with E-state index in [1.54, 1.807) is 4.90 Å². The van der Waals surface area contributed by atoms with Crippen molar-refractivity contribution in [2.24, 2.45) is 0 Å². The Morgan fingerprint density at radius 3 is 2.50 bits per heavy atom. The molecule has 6 rings (SSSR count). The first kappa shape index (κ1) is 35.4. The minimum atomic E-state index is -4.14. The van der Waals surface area contributed by atoms with Crippen molar-refractivity contribution in [1.29, 1.82) is 0 Å². The zero-order valence-corrected chi connectivity index (χ0v) is 28.7. The van der Waals surface area contributed by atoms with Gasteiger partial charge >= 0.3 is 6.09 Å². The molecule has 50 heavy (non-hydrogen) atoms. The fraction of sp³-hybridized carbons (Fsp3) is 0.471. The Bertz CT molecular complexity index is 1910. The second-order valence-electron chi connectivity index (χ2n) is 13.0. The highest BCUT2D eigenvalue weighted by atomic mass is 32.2. The number of halogens is 1. The molecule has 2 amide bonds. The lowest BCUT2D eigenvalue weighted by Crippen LogP contribution is -2.55. The Balaban J connectivity index is 1.21. The number of carbonyl (C=O) groups excluding carboxylic acids is 2. The first-order valence-corrected chi connectivity index (χ1v) is 18.1. The molecular formula is C34H41FN6O8S. The number of likely N-dealkylation sites (tertiary alicyclic amines) is 1. The predicted molar refractivity (Wildman–Crippen MR) is 178 cm³/mol. The van der Waals surface area contributed by atoms with Crippen LogP contribution in [0.25, 0.3) is 0 Å². The van der Waals surface area contributed by atoms with E-state index in [-0.39, 0.29) is 93.7 Å². The number of hydrogen-bond acceptors (Lipinski definition) is 10. The Morgan fingerprint density at radius 2 is 1.80 bits per heavy atom. The van der Waals surface area contributed by atoms with Crippen LogP contribution >= 0.6 is 0 Å². The van der Waals surface area contributed by atoms with Crippen LogP contribution in [0.1, 0.15) is 60.5 Å². The highest BCUT2D eigenvalue weighted by Gasteiger charge is 2.44. The molecule has 0 aliphatic carbocycles. The summed E-state index contributed by atoms with van der Waals surface area (Å²) in [5, 5.41) is 16.7. The minimum absolute atomic E-state index is 0.120. The van der Waals surface area contributed by atoms with E-state index in [0.29, 0.717) is 6.42 Å². The number of sulfonamides is 1. The van der Waals surface area contributed by atoms with Gasteiger partial charge in [-0.3, -0.25) is 14.2 Å². The molecule has 0 bridgehead atoms. The van der Waals surface area contributed by atoms with E-state index in [0.717, 1.165) is 17.7 Å². The zero-order chi connectivity index (χ0) is 35.6. The van der Waals surface area contributed by atoms with Crippen molar-refractivity contribution in [2.45, 2.75) is 75.4 Å².